The van der Waals surface area contributed by atoms with Crippen molar-refractivity contribution in [2.24, 2.45) is 10.3 Å². The highest BCUT2D eigenvalue weighted by Gasteiger charge is 2.33. The average Bonchev–Trinajstić information content (AvgIpc) is 3.21. The third-order valence-corrected chi connectivity index (χ3v) is 4.94. The van der Waals surface area contributed by atoms with E-state index < -0.39 is 10.0 Å². The van der Waals surface area contributed by atoms with E-state index in [0.717, 1.165) is 12.8 Å². The second-order valence-electron chi connectivity index (χ2n) is 5.42. The van der Waals surface area contributed by atoms with Crippen molar-refractivity contribution < 1.29 is 13.2 Å². The quantitative estimate of drug-likeness (QED) is 0.817. The number of amides is 1. The number of nitrogens with one attached hydrogen (secondary N) is 1. The Kier molecular flexibility index (Phi) is 3.16. The summed E-state index contributed by atoms with van der Waals surface area (Å²) in [5, 5.41) is 2.93. The van der Waals surface area contributed by atoms with Gasteiger partial charge < -0.3 is 10.2 Å². The summed E-state index contributed by atoms with van der Waals surface area (Å²) in [5.41, 5.74) is 0.322. The molecule has 7 heteroatoms. The molecular formula is C13H17N3O3S. The lowest BCUT2D eigenvalue weighted by atomic mass is 10.1. The van der Waals surface area contributed by atoms with Gasteiger partial charge in [0.1, 0.15) is 0 Å². The van der Waals surface area contributed by atoms with Gasteiger partial charge in [-0.25, -0.2) is 8.42 Å². The fourth-order valence-corrected chi connectivity index (χ4v) is 3.38. The monoisotopic (exact) mass is 295 g/mol. The molecule has 108 valence electrons. The Labute approximate surface area is 118 Å². The van der Waals surface area contributed by atoms with Crippen LogP contribution in [0.25, 0.3) is 0 Å². The maximum atomic E-state index is 12.3. The molecule has 2 heterocycles. The van der Waals surface area contributed by atoms with Crippen LogP contribution in [0.3, 0.4) is 0 Å². The van der Waals surface area contributed by atoms with Gasteiger partial charge >= 0.3 is 0 Å². The summed E-state index contributed by atoms with van der Waals surface area (Å²) in [6.07, 6.45) is 7.39. The van der Waals surface area contributed by atoms with E-state index in [2.05, 4.69) is 9.71 Å². The molecule has 0 spiro atoms. The highest BCUT2D eigenvalue weighted by atomic mass is 32.2. The van der Waals surface area contributed by atoms with Crippen LogP contribution < -0.4 is 5.32 Å². The van der Waals surface area contributed by atoms with Crippen molar-refractivity contribution in [1.82, 2.24) is 10.2 Å². The Hall–Kier alpha value is -1.63. The summed E-state index contributed by atoms with van der Waals surface area (Å²) in [6.45, 7) is 2.31. The molecule has 20 heavy (non-hydrogen) atoms. The standard InChI is InChI=1S/C13H17N3O3S/c1-9(10-4-5-10)14-13(17)11-3-2-6-16-7-8-20(18,19)15-12(11)16/h2-3,6,9-10H,4-5,7-8H2,1H3,(H,14,17). The highest BCUT2D eigenvalue weighted by molar-refractivity contribution is 7.90. The minimum Gasteiger partial charge on any atom is -0.349 e. The third kappa shape index (κ3) is 2.63. The van der Waals surface area contributed by atoms with Crippen LogP contribution in [0.5, 0.6) is 0 Å². The summed E-state index contributed by atoms with van der Waals surface area (Å²) < 4.78 is 27.0. The van der Waals surface area contributed by atoms with Crippen LogP contribution >= 0.6 is 0 Å². The van der Waals surface area contributed by atoms with Crippen molar-refractivity contribution in [3.8, 4) is 0 Å². The first-order chi connectivity index (χ1) is 9.46. The maximum Gasteiger partial charge on any atom is 0.256 e. The Morgan fingerprint density at radius 2 is 2.25 bits per heavy atom. The molecule has 1 unspecified atom stereocenters. The smallest absolute Gasteiger partial charge is 0.256 e. The highest BCUT2D eigenvalue weighted by Crippen LogP contribution is 2.32. The number of hydrogen-bond acceptors (Lipinski definition) is 4. The zero-order chi connectivity index (χ0) is 14.3. The summed E-state index contributed by atoms with van der Waals surface area (Å²) in [4.78, 5) is 14.0. The van der Waals surface area contributed by atoms with E-state index in [1.165, 1.54) is 0 Å². The van der Waals surface area contributed by atoms with Gasteiger partial charge in [0.15, 0.2) is 5.84 Å². The molecule has 0 bridgehead atoms. The molecule has 0 radical (unpaired) electrons. The van der Waals surface area contributed by atoms with Gasteiger partial charge in [-0.15, -0.1) is 4.40 Å². The third-order valence-electron chi connectivity index (χ3n) is 3.79. The molecule has 0 aromatic carbocycles. The van der Waals surface area contributed by atoms with E-state index in [-0.39, 0.29) is 23.5 Å². The van der Waals surface area contributed by atoms with Crippen LogP contribution in [0.2, 0.25) is 0 Å². The lowest BCUT2D eigenvalue weighted by Crippen LogP contribution is -2.44. The van der Waals surface area contributed by atoms with Crippen LogP contribution in [-0.4, -0.2) is 43.4 Å². The van der Waals surface area contributed by atoms with E-state index in [1.54, 1.807) is 23.3 Å². The van der Waals surface area contributed by atoms with Crippen molar-refractivity contribution in [3.05, 3.63) is 23.9 Å². The van der Waals surface area contributed by atoms with E-state index in [4.69, 9.17) is 0 Å². The zero-order valence-electron chi connectivity index (χ0n) is 11.2. The minimum absolute atomic E-state index is 0.0196. The predicted octanol–water partition coefficient (Wildman–Crippen LogP) is 0.399. The van der Waals surface area contributed by atoms with Gasteiger partial charge in [-0.05, 0) is 37.8 Å². The first-order valence-corrected chi connectivity index (χ1v) is 8.36. The van der Waals surface area contributed by atoms with Gasteiger partial charge in [0.05, 0.1) is 11.3 Å². The molecule has 1 aliphatic carbocycles. The predicted molar refractivity (Wildman–Crippen MR) is 75.5 cm³/mol. The minimum atomic E-state index is -3.46. The van der Waals surface area contributed by atoms with E-state index in [0.29, 0.717) is 18.0 Å². The second kappa shape index (κ2) is 4.73. The number of fused-ring (bicyclic) bond motifs is 1. The number of hydrogen-bond donors (Lipinski definition) is 1. The zero-order valence-corrected chi connectivity index (χ0v) is 12.1. The summed E-state index contributed by atoms with van der Waals surface area (Å²) in [5.74, 6) is 0.509. The van der Waals surface area contributed by atoms with E-state index >= 15 is 0 Å². The lowest BCUT2D eigenvalue weighted by molar-refractivity contribution is -0.117. The van der Waals surface area contributed by atoms with Gasteiger partial charge in [-0.2, -0.15) is 0 Å². The number of carbonyl (C=O) groups excluding carboxylic acids is 1. The van der Waals surface area contributed by atoms with Crippen molar-refractivity contribution in [3.63, 3.8) is 0 Å². The van der Waals surface area contributed by atoms with Crippen molar-refractivity contribution in [1.29, 1.82) is 0 Å². The molecular weight excluding hydrogens is 278 g/mol. The average molecular weight is 295 g/mol. The van der Waals surface area contributed by atoms with Gasteiger partial charge in [0.2, 0.25) is 0 Å². The Balaban J connectivity index is 1.83. The molecule has 3 aliphatic rings. The summed E-state index contributed by atoms with van der Waals surface area (Å²) in [7, 11) is -3.46. The molecule has 0 saturated heterocycles. The lowest BCUT2D eigenvalue weighted by Gasteiger charge is -2.29. The summed E-state index contributed by atoms with van der Waals surface area (Å²) in [6, 6.07) is 0.114. The molecule has 6 nitrogen and oxygen atoms in total. The van der Waals surface area contributed by atoms with Crippen LogP contribution in [0.1, 0.15) is 19.8 Å². The largest absolute Gasteiger partial charge is 0.349 e. The van der Waals surface area contributed by atoms with Crippen molar-refractivity contribution in [2.45, 2.75) is 25.8 Å². The van der Waals surface area contributed by atoms with Crippen LogP contribution in [0, 0.1) is 5.92 Å². The Bertz CT molecular complexity index is 629. The van der Waals surface area contributed by atoms with Crippen molar-refractivity contribution in [2.75, 3.05) is 12.3 Å². The SMILES string of the molecule is CC(NC(=O)C1=CC=CN2CCS(=O)(=O)N=C12)C1CC1. The Morgan fingerprint density at radius 3 is 2.95 bits per heavy atom. The molecule has 3 rings (SSSR count). The number of rotatable bonds is 3. The molecule has 1 N–H and O–H groups in total. The molecule has 1 saturated carbocycles. The number of sulfonamides is 1. The summed E-state index contributed by atoms with van der Waals surface area (Å²) >= 11 is 0. The molecule has 1 fully saturated rings. The van der Waals surface area contributed by atoms with Gasteiger partial charge in [0.25, 0.3) is 15.9 Å². The van der Waals surface area contributed by atoms with Gasteiger partial charge in [0, 0.05) is 18.8 Å². The first-order valence-electron chi connectivity index (χ1n) is 6.75. The Morgan fingerprint density at radius 1 is 1.50 bits per heavy atom. The number of allylic oxidation sites excluding steroid dienone is 2. The van der Waals surface area contributed by atoms with Crippen LogP contribution in [-0.2, 0) is 14.8 Å². The van der Waals surface area contributed by atoms with Crippen LogP contribution in [0.4, 0.5) is 0 Å². The molecule has 2 aliphatic heterocycles. The van der Waals surface area contributed by atoms with E-state index in [1.807, 2.05) is 6.92 Å². The van der Waals surface area contributed by atoms with Gasteiger partial charge in [-0.1, -0.05) is 0 Å². The first kappa shape index (κ1) is 13.4. The second-order valence-corrected chi connectivity index (χ2v) is 7.17. The number of nitrogens with zero attached hydrogens (tertiary/aromatic N) is 2. The fraction of sp³-hybridized carbons (Fsp3) is 0.538. The molecule has 0 aromatic rings. The van der Waals surface area contributed by atoms with Crippen molar-refractivity contribution >= 4 is 21.8 Å². The topological polar surface area (TPSA) is 78.8 Å². The number of amidine groups is 1. The fourth-order valence-electron chi connectivity index (χ4n) is 2.39. The van der Waals surface area contributed by atoms with Gasteiger partial charge in [-0.3, -0.25) is 4.79 Å². The molecule has 0 aromatic heterocycles. The van der Waals surface area contributed by atoms with E-state index in [9.17, 15) is 13.2 Å². The normalized spacial score (nSPS) is 25.4. The molecule has 1 atom stereocenters. The maximum absolute atomic E-state index is 12.3. The molecule has 1 amide bonds. The number of carbonyl (C=O) groups is 1. The van der Waals surface area contributed by atoms with Crippen LogP contribution in [0.15, 0.2) is 28.3 Å².